The van der Waals surface area contributed by atoms with Crippen LogP contribution in [0.2, 0.25) is 0 Å². The van der Waals surface area contributed by atoms with Gasteiger partial charge in [0.1, 0.15) is 0 Å². The van der Waals surface area contributed by atoms with Crippen LogP contribution in [0, 0.1) is 13.8 Å². The molecule has 1 unspecified atom stereocenters. The van der Waals surface area contributed by atoms with Gasteiger partial charge >= 0.3 is 6.18 Å². The summed E-state index contributed by atoms with van der Waals surface area (Å²) < 4.78 is 37.1. The van der Waals surface area contributed by atoms with E-state index in [1.807, 2.05) is 32.9 Å². The maximum absolute atomic E-state index is 12.4. The lowest BCUT2D eigenvalue weighted by Gasteiger charge is -2.20. The van der Waals surface area contributed by atoms with Crippen LogP contribution in [-0.4, -0.2) is 17.7 Å². The van der Waals surface area contributed by atoms with E-state index in [2.05, 4.69) is 10.3 Å². The fraction of sp³-hybridized carbons (Fsp3) is 0.643. The van der Waals surface area contributed by atoms with Gasteiger partial charge in [-0.25, -0.2) is 0 Å². The lowest BCUT2D eigenvalue weighted by atomic mass is 10.0. The van der Waals surface area contributed by atoms with E-state index in [1.165, 1.54) is 0 Å². The summed E-state index contributed by atoms with van der Waals surface area (Å²) in [6.45, 7) is 6.42. The van der Waals surface area contributed by atoms with Crippen molar-refractivity contribution in [2.75, 3.05) is 6.54 Å². The third kappa shape index (κ3) is 6.05. The highest BCUT2D eigenvalue weighted by Crippen LogP contribution is 2.28. The number of nitrogens with one attached hydrogen (secondary N) is 1. The number of pyridine rings is 1. The van der Waals surface area contributed by atoms with Gasteiger partial charge in [-0.15, -0.1) is 0 Å². The van der Waals surface area contributed by atoms with Crippen LogP contribution in [0.3, 0.4) is 0 Å². The molecule has 19 heavy (non-hydrogen) atoms. The van der Waals surface area contributed by atoms with Crippen molar-refractivity contribution < 1.29 is 13.2 Å². The largest absolute Gasteiger partial charge is 0.389 e. The van der Waals surface area contributed by atoms with Crippen molar-refractivity contribution in [2.24, 2.45) is 0 Å². The highest BCUT2D eigenvalue weighted by molar-refractivity contribution is 5.23. The van der Waals surface area contributed by atoms with Crippen LogP contribution in [0.4, 0.5) is 13.2 Å². The SMILES string of the molecule is CCCNC(CCC(F)(F)F)c1cc(C)nc(C)c1. The van der Waals surface area contributed by atoms with E-state index in [0.29, 0.717) is 6.54 Å². The van der Waals surface area contributed by atoms with Gasteiger partial charge in [-0.1, -0.05) is 6.92 Å². The molecule has 0 saturated carbocycles. The average Bonchev–Trinajstić information content (AvgIpc) is 2.26. The van der Waals surface area contributed by atoms with Crippen LogP contribution in [0.15, 0.2) is 12.1 Å². The minimum Gasteiger partial charge on any atom is -0.310 e. The predicted octanol–water partition coefficient (Wildman–Crippen LogP) is 4.08. The molecular formula is C14H21F3N2. The van der Waals surface area contributed by atoms with Gasteiger partial charge < -0.3 is 5.32 Å². The fourth-order valence-corrected chi connectivity index (χ4v) is 2.08. The molecule has 1 heterocycles. The van der Waals surface area contributed by atoms with Crippen LogP contribution in [0.5, 0.6) is 0 Å². The Hall–Kier alpha value is -1.10. The van der Waals surface area contributed by atoms with E-state index in [9.17, 15) is 13.2 Å². The molecule has 0 fully saturated rings. The monoisotopic (exact) mass is 274 g/mol. The summed E-state index contributed by atoms with van der Waals surface area (Å²) in [7, 11) is 0. The average molecular weight is 274 g/mol. The minimum absolute atomic E-state index is 0.0619. The second kappa shape index (κ2) is 6.89. The molecule has 0 bridgehead atoms. The maximum Gasteiger partial charge on any atom is 0.389 e. The number of aryl methyl sites for hydroxylation is 2. The molecule has 0 saturated heterocycles. The minimum atomic E-state index is -4.11. The van der Waals surface area contributed by atoms with Crippen LogP contribution in [0.1, 0.15) is 49.2 Å². The topological polar surface area (TPSA) is 24.9 Å². The van der Waals surface area contributed by atoms with Crippen molar-refractivity contribution >= 4 is 0 Å². The Morgan fingerprint density at radius 1 is 1.21 bits per heavy atom. The molecule has 1 N–H and O–H groups in total. The van der Waals surface area contributed by atoms with Gasteiger partial charge in [0.05, 0.1) is 0 Å². The molecule has 0 aliphatic carbocycles. The summed E-state index contributed by atoms with van der Waals surface area (Å²) in [5.74, 6) is 0. The van der Waals surface area contributed by atoms with Crippen LogP contribution < -0.4 is 5.32 Å². The molecule has 0 amide bonds. The molecule has 0 aliphatic heterocycles. The Morgan fingerprint density at radius 3 is 2.26 bits per heavy atom. The van der Waals surface area contributed by atoms with E-state index in [0.717, 1.165) is 23.4 Å². The number of nitrogens with zero attached hydrogens (tertiary/aromatic N) is 1. The second-order valence-electron chi connectivity index (χ2n) is 4.84. The summed E-state index contributed by atoms with van der Waals surface area (Å²) in [4.78, 5) is 4.26. The molecule has 0 aliphatic rings. The Balaban J connectivity index is 2.82. The molecule has 1 atom stereocenters. The first kappa shape index (κ1) is 16.0. The van der Waals surface area contributed by atoms with Gasteiger partial charge in [0.15, 0.2) is 0 Å². The number of aromatic nitrogens is 1. The summed E-state index contributed by atoms with van der Waals surface area (Å²) in [5.41, 5.74) is 2.57. The summed E-state index contributed by atoms with van der Waals surface area (Å²) in [5, 5.41) is 3.18. The zero-order chi connectivity index (χ0) is 14.5. The normalized spacial score (nSPS) is 13.6. The summed E-state index contributed by atoms with van der Waals surface area (Å²) >= 11 is 0. The van der Waals surface area contributed by atoms with Crippen molar-refractivity contribution in [1.29, 1.82) is 0 Å². The van der Waals surface area contributed by atoms with Crippen molar-refractivity contribution in [1.82, 2.24) is 10.3 Å². The Morgan fingerprint density at radius 2 is 1.79 bits per heavy atom. The maximum atomic E-state index is 12.4. The van der Waals surface area contributed by atoms with Gasteiger partial charge in [-0.05, 0) is 50.9 Å². The number of rotatable bonds is 6. The van der Waals surface area contributed by atoms with Crippen molar-refractivity contribution in [3.63, 3.8) is 0 Å². The van der Waals surface area contributed by atoms with Crippen LogP contribution in [0.25, 0.3) is 0 Å². The molecule has 0 spiro atoms. The van der Waals surface area contributed by atoms with Crippen molar-refractivity contribution in [3.05, 3.63) is 29.1 Å². The third-order valence-electron chi connectivity index (χ3n) is 2.86. The highest BCUT2D eigenvalue weighted by atomic mass is 19.4. The van der Waals surface area contributed by atoms with E-state index in [1.54, 1.807) is 0 Å². The van der Waals surface area contributed by atoms with E-state index in [4.69, 9.17) is 0 Å². The molecule has 1 aromatic rings. The molecule has 108 valence electrons. The number of alkyl halides is 3. The standard InChI is InChI=1S/C14H21F3N2/c1-4-7-18-13(5-6-14(15,16)17)12-8-10(2)19-11(3)9-12/h8-9,13,18H,4-7H2,1-3H3. The third-order valence-corrected chi connectivity index (χ3v) is 2.86. The Bertz CT molecular complexity index is 382. The van der Waals surface area contributed by atoms with Gasteiger partial charge in [-0.3, -0.25) is 4.98 Å². The molecule has 0 radical (unpaired) electrons. The Kier molecular flexibility index (Phi) is 5.79. The number of hydrogen-bond donors (Lipinski definition) is 1. The zero-order valence-electron chi connectivity index (χ0n) is 11.6. The summed E-state index contributed by atoms with van der Waals surface area (Å²) in [6, 6.07) is 3.45. The fourth-order valence-electron chi connectivity index (χ4n) is 2.08. The first-order valence-electron chi connectivity index (χ1n) is 6.57. The smallest absolute Gasteiger partial charge is 0.310 e. The first-order valence-corrected chi connectivity index (χ1v) is 6.57. The molecule has 0 aromatic carbocycles. The quantitative estimate of drug-likeness (QED) is 0.845. The van der Waals surface area contributed by atoms with E-state index in [-0.39, 0.29) is 12.5 Å². The molecule has 1 rings (SSSR count). The number of halogens is 3. The van der Waals surface area contributed by atoms with Gasteiger partial charge in [0.2, 0.25) is 0 Å². The van der Waals surface area contributed by atoms with Crippen molar-refractivity contribution in [2.45, 2.75) is 52.3 Å². The molecular weight excluding hydrogens is 253 g/mol. The van der Waals surface area contributed by atoms with Crippen molar-refractivity contribution in [3.8, 4) is 0 Å². The highest BCUT2D eigenvalue weighted by Gasteiger charge is 2.28. The van der Waals surface area contributed by atoms with Gasteiger partial charge in [0.25, 0.3) is 0 Å². The number of hydrogen-bond acceptors (Lipinski definition) is 2. The Labute approximate surface area is 112 Å². The van der Waals surface area contributed by atoms with Crippen LogP contribution in [-0.2, 0) is 0 Å². The second-order valence-corrected chi connectivity index (χ2v) is 4.84. The van der Waals surface area contributed by atoms with Gasteiger partial charge in [-0.2, -0.15) is 13.2 Å². The lowest BCUT2D eigenvalue weighted by Crippen LogP contribution is -2.24. The molecule has 1 aromatic heterocycles. The molecule has 2 nitrogen and oxygen atoms in total. The van der Waals surface area contributed by atoms with E-state index >= 15 is 0 Å². The van der Waals surface area contributed by atoms with E-state index < -0.39 is 12.6 Å². The van der Waals surface area contributed by atoms with Crippen LogP contribution >= 0.6 is 0 Å². The lowest BCUT2D eigenvalue weighted by molar-refractivity contribution is -0.136. The zero-order valence-corrected chi connectivity index (χ0v) is 11.6. The molecule has 5 heteroatoms. The first-order chi connectivity index (χ1) is 8.81. The summed E-state index contributed by atoms with van der Waals surface area (Å²) in [6.07, 6.45) is -3.92. The van der Waals surface area contributed by atoms with Gasteiger partial charge in [0, 0.05) is 23.9 Å². The predicted molar refractivity (Wildman–Crippen MR) is 70.0 cm³/mol.